The molecule has 0 amide bonds. The van der Waals surface area contributed by atoms with Crippen LogP contribution in [0.1, 0.15) is 18.1 Å². The lowest BCUT2D eigenvalue weighted by Gasteiger charge is -2.08. The van der Waals surface area contributed by atoms with E-state index in [1.165, 1.54) is 0 Å². The van der Waals surface area contributed by atoms with Crippen molar-refractivity contribution in [2.45, 2.75) is 12.5 Å². The van der Waals surface area contributed by atoms with Gasteiger partial charge in [-0.3, -0.25) is 0 Å². The first kappa shape index (κ1) is 10.5. The van der Waals surface area contributed by atoms with E-state index in [4.69, 9.17) is 0 Å². The predicted octanol–water partition coefficient (Wildman–Crippen LogP) is 1.93. The number of fused-ring (bicyclic) bond motifs is 1. The number of imidazole rings is 1. The van der Waals surface area contributed by atoms with E-state index in [0.29, 0.717) is 12.2 Å². The fraction of sp³-hybridized carbons (Fsp3) is 0.364. The molecular formula is C11H14N2OS. The Morgan fingerprint density at radius 3 is 3.07 bits per heavy atom. The number of rotatable bonds is 3. The third-order valence-electron chi connectivity index (χ3n) is 2.54. The standard InChI is InChI=1S/C11H14N2OS/c1-13-7-12-9-6-8(2-3-10(9)13)11(14)4-5-15/h2-3,6-7,11,14-15H,4-5H2,1H3. The van der Waals surface area contributed by atoms with Crippen LogP contribution in [0.25, 0.3) is 11.0 Å². The van der Waals surface area contributed by atoms with E-state index < -0.39 is 6.10 Å². The van der Waals surface area contributed by atoms with Crippen LogP contribution < -0.4 is 0 Å². The first-order valence-corrected chi connectivity index (χ1v) is 5.55. The molecule has 0 bridgehead atoms. The molecule has 0 saturated heterocycles. The fourth-order valence-electron chi connectivity index (χ4n) is 1.65. The Morgan fingerprint density at radius 2 is 2.33 bits per heavy atom. The molecular weight excluding hydrogens is 208 g/mol. The van der Waals surface area contributed by atoms with Crippen molar-refractivity contribution >= 4 is 23.7 Å². The molecule has 1 aromatic carbocycles. The van der Waals surface area contributed by atoms with E-state index in [9.17, 15) is 5.11 Å². The number of aryl methyl sites for hydroxylation is 1. The topological polar surface area (TPSA) is 38.0 Å². The Labute approximate surface area is 94.2 Å². The zero-order valence-electron chi connectivity index (χ0n) is 8.59. The van der Waals surface area contributed by atoms with E-state index >= 15 is 0 Å². The van der Waals surface area contributed by atoms with Crippen molar-refractivity contribution in [2.75, 3.05) is 5.75 Å². The molecule has 0 aliphatic carbocycles. The summed E-state index contributed by atoms with van der Waals surface area (Å²) in [4.78, 5) is 4.25. The Hall–Kier alpha value is -1.00. The van der Waals surface area contributed by atoms with Gasteiger partial charge in [-0.15, -0.1) is 0 Å². The van der Waals surface area contributed by atoms with Gasteiger partial charge in [-0.05, 0) is 29.9 Å². The zero-order valence-corrected chi connectivity index (χ0v) is 9.48. The molecule has 3 nitrogen and oxygen atoms in total. The van der Waals surface area contributed by atoms with Gasteiger partial charge in [0.2, 0.25) is 0 Å². The zero-order chi connectivity index (χ0) is 10.8. The van der Waals surface area contributed by atoms with E-state index in [-0.39, 0.29) is 0 Å². The number of aromatic nitrogens is 2. The molecule has 1 heterocycles. The van der Waals surface area contributed by atoms with Gasteiger partial charge in [-0.2, -0.15) is 12.6 Å². The minimum atomic E-state index is -0.436. The number of hydrogen-bond acceptors (Lipinski definition) is 3. The van der Waals surface area contributed by atoms with E-state index in [0.717, 1.165) is 16.6 Å². The summed E-state index contributed by atoms with van der Waals surface area (Å²) in [5, 5.41) is 9.80. The highest BCUT2D eigenvalue weighted by molar-refractivity contribution is 7.80. The van der Waals surface area contributed by atoms with Crippen molar-refractivity contribution < 1.29 is 5.11 Å². The summed E-state index contributed by atoms with van der Waals surface area (Å²) >= 11 is 4.11. The van der Waals surface area contributed by atoms with Crippen molar-refractivity contribution in [3.05, 3.63) is 30.1 Å². The van der Waals surface area contributed by atoms with Gasteiger partial charge < -0.3 is 9.67 Å². The molecule has 1 N–H and O–H groups in total. The highest BCUT2D eigenvalue weighted by Crippen LogP contribution is 2.21. The lowest BCUT2D eigenvalue weighted by atomic mass is 10.1. The molecule has 4 heteroatoms. The maximum absolute atomic E-state index is 9.80. The van der Waals surface area contributed by atoms with Crippen molar-refractivity contribution in [1.82, 2.24) is 9.55 Å². The van der Waals surface area contributed by atoms with Crippen molar-refractivity contribution in [3.8, 4) is 0 Å². The summed E-state index contributed by atoms with van der Waals surface area (Å²) in [6.07, 6.45) is 2.01. The third-order valence-corrected chi connectivity index (χ3v) is 2.79. The smallest absolute Gasteiger partial charge is 0.0955 e. The average Bonchev–Trinajstić information content (AvgIpc) is 2.60. The van der Waals surface area contributed by atoms with E-state index in [1.807, 2.05) is 29.8 Å². The number of aliphatic hydroxyl groups excluding tert-OH is 1. The average molecular weight is 222 g/mol. The van der Waals surface area contributed by atoms with Crippen molar-refractivity contribution in [3.63, 3.8) is 0 Å². The van der Waals surface area contributed by atoms with Crippen LogP contribution in [0.4, 0.5) is 0 Å². The van der Waals surface area contributed by atoms with Gasteiger partial charge >= 0.3 is 0 Å². The van der Waals surface area contributed by atoms with Crippen LogP contribution in [0.3, 0.4) is 0 Å². The lowest BCUT2D eigenvalue weighted by Crippen LogP contribution is -1.98. The molecule has 0 aliphatic heterocycles. The molecule has 1 atom stereocenters. The van der Waals surface area contributed by atoms with Crippen molar-refractivity contribution in [2.24, 2.45) is 7.05 Å². The molecule has 15 heavy (non-hydrogen) atoms. The molecule has 80 valence electrons. The molecule has 0 aliphatic rings. The highest BCUT2D eigenvalue weighted by atomic mass is 32.1. The van der Waals surface area contributed by atoms with Gasteiger partial charge in [0.15, 0.2) is 0 Å². The summed E-state index contributed by atoms with van der Waals surface area (Å²) in [6.45, 7) is 0. The largest absolute Gasteiger partial charge is 0.388 e. The van der Waals surface area contributed by atoms with Crippen LogP contribution in [0, 0.1) is 0 Å². The Balaban J connectivity index is 2.38. The van der Waals surface area contributed by atoms with Crippen LogP contribution >= 0.6 is 12.6 Å². The summed E-state index contributed by atoms with van der Waals surface area (Å²) in [7, 11) is 1.96. The lowest BCUT2D eigenvalue weighted by molar-refractivity contribution is 0.175. The van der Waals surface area contributed by atoms with Crippen molar-refractivity contribution in [1.29, 1.82) is 0 Å². The predicted molar refractivity (Wildman–Crippen MR) is 64.1 cm³/mol. The molecule has 0 fully saturated rings. The molecule has 0 radical (unpaired) electrons. The summed E-state index contributed by atoms with van der Waals surface area (Å²) in [5.41, 5.74) is 2.92. The third kappa shape index (κ3) is 2.01. The second-order valence-electron chi connectivity index (χ2n) is 3.63. The molecule has 2 aromatic rings. The van der Waals surface area contributed by atoms with Gasteiger partial charge in [-0.1, -0.05) is 6.07 Å². The molecule has 0 saturated carbocycles. The minimum absolute atomic E-state index is 0.436. The first-order valence-electron chi connectivity index (χ1n) is 4.92. The first-order chi connectivity index (χ1) is 7.22. The van der Waals surface area contributed by atoms with Crippen LogP contribution in [-0.2, 0) is 7.05 Å². The Kier molecular flexibility index (Phi) is 2.98. The number of thiol groups is 1. The maximum atomic E-state index is 9.80. The second-order valence-corrected chi connectivity index (χ2v) is 4.08. The van der Waals surface area contributed by atoms with Crippen LogP contribution in [0.5, 0.6) is 0 Å². The number of benzene rings is 1. The molecule has 1 unspecified atom stereocenters. The van der Waals surface area contributed by atoms with E-state index in [1.54, 1.807) is 6.33 Å². The number of hydrogen-bond donors (Lipinski definition) is 2. The maximum Gasteiger partial charge on any atom is 0.0955 e. The van der Waals surface area contributed by atoms with Crippen LogP contribution in [-0.4, -0.2) is 20.4 Å². The highest BCUT2D eigenvalue weighted by Gasteiger charge is 2.08. The van der Waals surface area contributed by atoms with Gasteiger partial charge in [0.1, 0.15) is 0 Å². The van der Waals surface area contributed by atoms with E-state index in [2.05, 4.69) is 17.6 Å². The minimum Gasteiger partial charge on any atom is -0.388 e. The molecule has 1 aromatic heterocycles. The normalized spacial score (nSPS) is 13.3. The monoisotopic (exact) mass is 222 g/mol. The number of aliphatic hydroxyl groups is 1. The number of nitrogens with zero attached hydrogens (tertiary/aromatic N) is 2. The van der Waals surface area contributed by atoms with Crippen LogP contribution in [0.15, 0.2) is 24.5 Å². The molecule has 0 spiro atoms. The SMILES string of the molecule is Cn1cnc2cc(C(O)CCS)ccc21. The quantitative estimate of drug-likeness (QED) is 0.779. The van der Waals surface area contributed by atoms with Gasteiger partial charge in [0.05, 0.1) is 23.5 Å². The van der Waals surface area contributed by atoms with Gasteiger partial charge in [0, 0.05) is 7.05 Å². The Morgan fingerprint density at radius 1 is 1.53 bits per heavy atom. The summed E-state index contributed by atoms with van der Waals surface area (Å²) in [6, 6.07) is 5.86. The molecule has 2 rings (SSSR count). The fourth-order valence-corrected chi connectivity index (χ4v) is 1.89. The van der Waals surface area contributed by atoms with Crippen LogP contribution in [0.2, 0.25) is 0 Å². The second kappa shape index (κ2) is 4.24. The Bertz CT molecular complexity index is 467. The summed E-state index contributed by atoms with van der Waals surface area (Å²) in [5.74, 6) is 0.682. The summed E-state index contributed by atoms with van der Waals surface area (Å²) < 4.78 is 1.96. The van der Waals surface area contributed by atoms with Gasteiger partial charge in [-0.25, -0.2) is 4.98 Å². The van der Waals surface area contributed by atoms with Gasteiger partial charge in [0.25, 0.3) is 0 Å².